The van der Waals surface area contributed by atoms with Gasteiger partial charge in [0.25, 0.3) is 0 Å². The molecule has 6 heteroatoms. The minimum absolute atomic E-state index is 0.183. The average molecular weight is 263 g/mol. The van der Waals surface area contributed by atoms with E-state index in [1.54, 1.807) is 19.2 Å². The number of nitrogens with zero attached hydrogens (tertiary/aromatic N) is 1. The Balaban J connectivity index is 2.06. The van der Waals surface area contributed by atoms with E-state index in [0.29, 0.717) is 6.42 Å². The molecule has 0 fully saturated rings. The Labute approximate surface area is 109 Å². The second kappa shape index (κ2) is 5.53. The number of aliphatic hydroxyl groups excluding tert-OH is 1. The highest BCUT2D eigenvalue weighted by Gasteiger charge is 2.18. The molecule has 1 aromatic carbocycles. The topological polar surface area (TPSA) is 85.7 Å². The summed E-state index contributed by atoms with van der Waals surface area (Å²) in [5.74, 6) is 0.540. The van der Waals surface area contributed by atoms with Crippen LogP contribution in [0.2, 0.25) is 0 Å². The zero-order valence-corrected chi connectivity index (χ0v) is 10.3. The largest absolute Gasteiger partial charge is 0.497 e. The second-order valence-electron chi connectivity index (χ2n) is 4.00. The Morgan fingerprint density at radius 1 is 1.32 bits per heavy atom. The van der Waals surface area contributed by atoms with Crippen molar-refractivity contribution in [2.75, 3.05) is 7.11 Å². The maximum Gasteiger partial charge on any atom is 0.433 e. The van der Waals surface area contributed by atoms with E-state index in [-0.39, 0.29) is 11.6 Å². The molecule has 0 aliphatic heterocycles. The number of methoxy groups -OCH3 is 1. The SMILES string of the molecule is COc1ccc(CC(O)c2ccc([N+](=O)[O-])o2)cc1. The highest BCUT2D eigenvalue weighted by Crippen LogP contribution is 2.24. The zero-order valence-electron chi connectivity index (χ0n) is 10.3. The quantitative estimate of drug-likeness (QED) is 0.661. The van der Waals surface area contributed by atoms with Gasteiger partial charge in [0, 0.05) is 6.42 Å². The number of furan rings is 1. The summed E-state index contributed by atoms with van der Waals surface area (Å²) in [5, 5.41) is 20.4. The number of rotatable bonds is 5. The predicted molar refractivity (Wildman–Crippen MR) is 67.0 cm³/mol. The monoisotopic (exact) mass is 263 g/mol. The van der Waals surface area contributed by atoms with Crippen molar-refractivity contribution >= 4 is 5.88 Å². The van der Waals surface area contributed by atoms with Crippen molar-refractivity contribution in [3.63, 3.8) is 0 Å². The van der Waals surface area contributed by atoms with Gasteiger partial charge in [-0.1, -0.05) is 12.1 Å². The van der Waals surface area contributed by atoms with E-state index >= 15 is 0 Å². The molecule has 1 atom stereocenters. The van der Waals surface area contributed by atoms with Crippen molar-refractivity contribution in [1.82, 2.24) is 0 Å². The van der Waals surface area contributed by atoms with Crippen LogP contribution in [0.1, 0.15) is 17.4 Å². The standard InChI is InChI=1S/C13H13NO5/c1-18-10-4-2-9(3-5-10)8-11(15)12-6-7-13(19-12)14(16)17/h2-7,11,15H,8H2,1H3. The number of hydrogen-bond donors (Lipinski definition) is 1. The molecule has 100 valence electrons. The smallest absolute Gasteiger partial charge is 0.433 e. The molecule has 0 spiro atoms. The third-order valence-corrected chi connectivity index (χ3v) is 2.71. The maximum atomic E-state index is 10.5. The first kappa shape index (κ1) is 13.1. The summed E-state index contributed by atoms with van der Waals surface area (Å²) in [6, 6.07) is 9.84. The van der Waals surface area contributed by atoms with Crippen LogP contribution >= 0.6 is 0 Å². The normalized spacial score (nSPS) is 12.1. The Kier molecular flexibility index (Phi) is 3.82. The number of aliphatic hydroxyl groups is 1. The summed E-state index contributed by atoms with van der Waals surface area (Å²) >= 11 is 0. The average Bonchev–Trinajstić information content (AvgIpc) is 2.89. The highest BCUT2D eigenvalue weighted by atomic mass is 16.6. The molecular weight excluding hydrogens is 250 g/mol. The summed E-state index contributed by atoms with van der Waals surface area (Å²) in [7, 11) is 1.58. The van der Waals surface area contributed by atoms with Crippen LogP contribution in [0, 0.1) is 10.1 Å². The van der Waals surface area contributed by atoms with Gasteiger partial charge in [0.15, 0.2) is 0 Å². The lowest BCUT2D eigenvalue weighted by molar-refractivity contribution is -0.402. The fourth-order valence-corrected chi connectivity index (χ4v) is 1.70. The zero-order chi connectivity index (χ0) is 13.8. The molecule has 1 aromatic heterocycles. The molecule has 0 saturated heterocycles. The van der Waals surface area contributed by atoms with Gasteiger partial charge in [-0.25, -0.2) is 0 Å². The summed E-state index contributed by atoms with van der Waals surface area (Å²) < 4.78 is 9.98. The van der Waals surface area contributed by atoms with Gasteiger partial charge in [0.2, 0.25) is 0 Å². The molecule has 0 saturated carbocycles. The molecule has 1 unspecified atom stereocenters. The van der Waals surface area contributed by atoms with Gasteiger partial charge in [-0.05, 0) is 23.8 Å². The van der Waals surface area contributed by atoms with Gasteiger partial charge >= 0.3 is 5.88 Å². The Morgan fingerprint density at radius 2 is 2.00 bits per heavy atom. The molecule has 2 rings (SSSR count). The van der Waals surface area contributed by atoms with Gasteiger partial charge in [-0.2, -0.15) is 0 Å². The number of benzene rings is 1. The van der Waals surface area contributed by atoms with Crippen LogP contribution in [-0.4, -0.2) is 17.1 Å². The summed E-state index contributed by atoms with van der Waals surface area (Å²) in [4.78, 5) is 9.85. The molecule has 0 aliphatic carbocycles. The van der Waals surface area contributed by atoms with Gasteiger partial charge in [-0.15, -0.1) is 0 Å². The molecule has 19 heavy (non-hydrogen) atoms. The first-order valence-corrected chi connectivity index (χ1v) is 5.65. The number of hydrogen-bond acceptors (Lipinski definition) is 5. The van der Waals surface area contributed by atoms with Crippen LogP contribution in [-0.2, 0) is 6.42 Å². The molecule has 0 aliphatic rings. The van der Waals surface area contributed by atoms with Crippen molar-refractivity contribution in [2.24, 2.45) is 0 Å². The van der Waals surface area contributed by atoms with Crippen molar-refractivity contribution < 1.29 is 19.2 Å². The van der Waals surface area contributed by atoms with Gasteiger partial charge in [-0.3, -0.25) is 10.1 Å². The third-order valence-electron chi connectivity index (χ3n) is 2.71. The third kappa shape index (κ3) is 3.11. The first-order chi connectivity index (χ1) is 9.10. The molecule has 1 N–H and O–H groups in total. The second-order valence-corrected chi connectivity index (χ2v) is 4.00. The molecule has 0 radical (unpaired) electrons. The van der Waals surface area contributed by atoms with Crippen LogP contribution < -0.4 is 4.74 Å². The van der Waals surface area contributed by atoms with Gasteiger partial charge in [0.05, 0.1) is 13.2 Å². The van der Waals surface area contributed by atoms with E-state index in [4.69, 9.17) is 9.15 Å². The molecule has 0 amide bonds. The Bertz CT molecular complexity index is 561. The summed E-state index contributed by atoms with van der Waals surface area (Å²) in [6.07, 6.45) is -0.601. The van der Waals surface area contributed by atoms with Crippen LogP contribution in [0.15, 0.2) is 40.8 Å². The van der Waals surface area contributed by atoms with E-state index in [0.717, 1.165) is 11.3 Å². The van der Waals surface area contributed by atoms with E-state index in [2.05, 4.69) is 0 Å². The van der Waals surface area contributed by atoms with E-state index < -0.39 is 11.0 Å². The van der Waals surface area contributed by atoms with E-state index in [1.165, 1.54) is 12.1 Å². The number of ether oxygens (including phenoxy) is 1. The van der Waals surface area contributed by atoms with Crippen molar-refractivity contribution in [1.29, 1.82) is 0 Å². The lowest BCUT2D eigenvalue weighted by atomic mass is 10.1. The maximum absolute atomic E-state index is 10.5. The first-order valence-electron chi connectivity index (χ1n) is 5.65. The number of nitro groups is 1. The molecule has 6 nitrogen and oxygen atoms in total. The minimum atomic E-state index is -0.915. The Morgan fingerprint density at radius 3 is 2.53 bits per heavy atom. The van der Waals surface area contributed by atoms with Crippen molar-refractivity contribution in [2.45, 2.75) is 12.5 Å². The van der Waals surface area contributed by atoms with Crippen molar-refractivity contribution in [3.8, 4) is 5.75 Å². The van der Waals surface area contributed by atoms with E-state index in [1.807, 2.05) is 12.1 Å². The lowest BCUT2D eigenvalue weighted by Crippen LogP contribution is -2.00. The molecule has 2 aromatic rings. The minimum Gasteiger partial charge on any atom is -0.497 e. The summed E-state index contributed by atoms with van der Waals surface area (Å²) in [5.41, 5.74) is 0.882. The van der Waals surface area contributed by atoms with Gasteiger partial charge in [0.1, 0.15) is 22.5 Å². The van der Waals surface area contributed by atoms with E-state index in [9.17, 15) is 15.2 Å². The highest BCUT2D eigenvalue weighted by molar-refractivity contribution is 5.28. The predicted octanol–water partition coefficient (Wildman–Crippen LogP) is 2.47. The van der Waals surface area contributed by atoms with Crippen LogP contribution in [0.25, 0.3) is 0 Å². The molecule has 0 bridgehead atoms. The molecule has 1 heterocycles. The Hall–Kier alpha value is -2.34. The van der Waals surface area contributed by atoms with Gasteiger partial charge < -0.3 is 14.3 Å². The summed E-state index contributed by atoms with van der Waals surface area (Å²) in [6.45, 7) is 0. The van der Waals surface area contributed by atoms with Crippen molar-refractivity contribution in [3.05, 3.63) is 57.8 Å². The lowest BCUT2D eigenvalue weighted by Gasteiger charge is -2.08. The molecular formula is C13H13NO5. The fraction of sp³-hybridized carbons (Fsp3) is 0.231. The van der Waals surface area contributed by atoms with Crippen LogP contribution in [0.3, 0.4) is 0 Å². The van der Waals surface area contributed by atoms with Crippen LogP contribution in [0.5, 0.6) is 5.75 Å². The van der Waals surface area contributed by atoms with Crippen LogP contribution in [0.4, 0.5) is 5.88 Å². The fourth-order valence-electron chi connectivity index (χ4n) is 1.70.